The van der Waals surface area contributed by atoms with Gasteiger partial charge in [0.05, 0.1) is 6.61 Å². The highest BCUT2D eigenvalue weighted by molar-refractivity contribution is 5.83. The van der Waals surface area contributed by atoms with Crippen molar-refractivity contribution in [1.29, 1.82) is 0 Å². The summed E-state index contributed by atoms with van der Waals surface area (Å²) in [6, 6.07) is 7.34. The van der Waals surface area contributed by atoms with Gasteiger partial charge in [-0.25, -0.2) is 4.79 Å². The number of carbonyl (C=O) groups is 2. The molecule has 0 aliphatic heterocycles. The highest BCUT2D eigenvalue weighted by Gasteiger charge is 2.03. The molecule has 0 N–H and O–H groups in total. The number of hydrogen-bond donors (Lipinski definition) is 0. The molecule has 0 saturated heterocycles. The Morgan fingerprint density at radius 2 is 2.06 bits per heavy atom. The molecule has 1 aromatic rings. The van der Waals surface area contributed by atoms with Crippen LogP contribution in [0.4, 0.5) is 0 Å². The molecule has 17 heavy (non-hydrogen) atoms. The number of ether oxygens (including phenoxy) is 1. The Hall–Kier alpha value is -1.90. The SMILES string of the molecule is CCOC(=O)C=C(C)Cc1ccccc1C=O. The monoisotopic (exact) mass is 232 g/mol. The molecule has 0 aliphatic rings. The minimum absolute atomic E-state index is 0.339. The van der Waals surface area contributed by atoms with Crippen LogP contribution < -0.4 is 0 Å². The maximum Gasteiger partial charge on any atom is 0.330 e. The van der Waals surface area contributed by atoms with E-state index in [0.29, 0.717) is 18.6 Å². The lowest BCUT2D eigenvalue weighted by atomic mass is 10.0. The van der Waals surface area contributed by atoms with Crippen LogP contribution in [0.2, 0.25) is 0 Å². The second kappa shape index (κ2) is 6.63. The molecule has 0 unspecified atom stereocenters. The van der Waals surface area contributed by atoms with Crippen molar-refractivity contribution in [2.24, 2.45) is 0 Å². The molecule has 0 heterocycles. The van der Waals surface area contributed by atoms with E-state index in [4.69, 9.17) is 4.74 Å². The molecule has 0 amide bonds. The number of aldehydes is 1. The van der Waals surface area contributed by atoms with Gasteiger partial charge in [-0.1, -0.05) is 29.8 Å². The normalized spacial score (nSPS) is 11.1. The molecule has 0 atom stereocenters. The molecule has 0 fully saturated rings. The van der Waals surface area contributed by atoms with E-state index in [1.807, 2.05) is 25.1 Å². The molecule has 0 saturated carbocycles. The number of rotatable bonds is 5. The van der Waals surface area contributed by atoms with Crippen molar-refractivity contribution in [2.75, 3.05) is 6.61 Å². The van der Waals surface area contributed by atoms with Crippen molar-refractivity contribution < 1.29 is 14.3 Å². The molecule has 0 aromatic heterocycles. The fourth-order valence-electron chi connectivity index (χ4n) is 1.55. The van der Waals surface area contributed by atoms with E-state index < -0.39 is 0 Å². The van der Waals surface area contributed by atoms with Crippen molar-refractivity contribution in [3.05, 3.63) is 47.0 Å². The van der Waals surface area contributed by atoms with Gasteiger partial charge in [0, 0.05) is 11.6 Å². The van der Waals surface area contributed by atoms with Gasteiger partial charge in [-0.3, -0.25) is 4.79 Å². The van der Waals surface area contributed by atoms with Crippen molar-refractivity contribution in [1.82, 2.24) is 0 Å². The standard InChI is InChI=1S/C14H16O3/c1-3-17-14(16)9-11(2)8-12-6-4-5-7-13(12)10-15/h4-7,9-10H,3,8H2,1-2H3. The lowest BCUT2D eigenvalue weighted by Gasteiger charge is -2.04. The van der Waals surface area contributed by atoms with E-state index in [-0.39, 0.29) is 5.97 Å². The highest BCUT2D eigenvalue weighted by Crippen LogP contribution is 2.12. The van der Waals surface area contributed by atoms with Gasteiger partial charge in [-0.05, 0) is 25.8 Å². The Balaban J connectivity index is 2.77. The van der Waals surface area contributed by atoms with Crippen LogP contribution in [0.5, 0.6) is 0 Å². The van der Waals surface area contributed by atoms with Crippen LogP contribution in [0.1, 0.15) is 29.8 Å². The third kappa shape index (κ3) is 4.23. The second-order valence-electron chi connectivity index (χ2n) is 3.74. The van der Waals surface area contributed by atoms with Crippen LogP contribution >= 0.6 is 0 Å². The summed E-state index contributed by atoms with van der Waals surface area (Å²) in [7, 11) is 0. The molecule has 0 aliphatic carbocycles. The molecular weight excluding hydrogens is 216 g/mol. The van der Waals surface area contributed by atoms with Gasteiger partial charge >= 0.3 is 5.97 Å². The predicted octanol–water partition coefficient (Wildman–Crippen LogP) is 2.55. The number of hydrogen-bond acceptors (Lipinski definition) is 3. The predicted molar refractivity (Wildman–Crippen MR) is 65.9 cm³/mol. The largest absolute Gasteiger partial charge is 0.463 e. The zero-order chi connectivity index (χ0) is 12.7. The second-order valence-corrected chi connectivity index (χ2v) is 3.74. The van der Waals surface area contributed by atoms with Crippen molar-refractivity contribution in [3.63, 3.8) is 0 Å². The van der Waals surface area contributed by atoms with Gasteiger partial charge < -0.3 is 4.74 Å². The molecule has 0 bridgehead atoms. The molecule has 0 spiro atoms. The Morgan fingerprint density at radius 3 is 2.71 bits per heavy atom. The van der Waals surface area contributed by atoms with Gasteiger partial charge in [0.1, 0.15) is 6.29 Å². The number of benzene rings is 1. The van der Waals surface area contributed by atoms with Gasteiger partial charge in [0.15, 0.2) is 0 Å². The highest BCUT2D eigenvalue weighted by atomic mass is 16.5. The molecule has 3 heteroatoms. The van der Waals surface area contributed by atoms with Gasteiger partial charge in [-0.15, -0.1) is 0 Å². The summed E-state index contributed by atoms with van der Waals surface area (Å²) >= 11 is 0. The van der Waals surface area contributed by atoms with E-state index >= 15 is 0 Å². The van der Waals surface area contributed by atoms with Crippen molar-refractivity contribution in [3.8, 4) is 0 Å². The summed E-state index contributed by atoms with van der Waals surface area (Å²) in [5.74, 6) is -0.339. The number of esters is 1. The number of allylic oxidation sites excluding steroid dienone is 1. The molecular formula is C14H16O3. The van der Waals surface area contributed by atoms with E-state index in [0.717, 1.165) is 17.4 Å². The Bertz CT molecular complexity index is 433. The molecule has 0 radical (unpaired) electrons. The Kier molecular flexibility index (Phi) is 5.14. The smallest absolute Gasteiger partial charge is 0.330 e. The maximum atomic E-state index is 11.2. The summed E-state index contributed by atoms with van der Waals surface area (Å²) in [5.41, 5.74) is 2.45. The third-order valence-electron chi connectivity index (χ3n) is 2.30. The van der Waals surface area contributed by atoms with Crippen LogP contribution in [0.25, 0.3) is 0 Å². The van der Waals surface area contributed by atoms with Crippen LogP contribution in [-0.4, -0.2) is 18.9 Å². The zero-order valence-corrected chi connectivity index (χ0v) is 10.1. The van der Waals surface area contributed by atoms with E-state index in [1.54, 1.807) is 13.0 Å². The summed E-state index contributed by atoms with van der Waals surface area (Å²) in [6.45, 7) is 3.98. The average molecular weight is 232 g/mol. The molecule has 1 aromatic carbocycles. The average Bonchev–Trinajstić information content (AvgIpc) is 2.29. The first-order chi connectivity index (χ1) is 8.17. The van der Waals surface area contributed by atoms with Gasteiger partial charge in [-0.2, -0.15) is 0 Å². The summed E-state index contributed by atoms with van der Waals surface area (Å²) in [4.78, 5) is 22.1. The lowest BCUT2D eigenvalue weighted by molar-refractivity contribution is -0.137. The van der Waals surface area contributed by atoms with Crippen LogP contribution in [0, 0.1) is 0 Å². The summed E-state index contributed by atoms with van der Waals surface area (Å²) < 4.78 is 4.82. The topological polar surface area (TPSA) is 43.4 Å². The fourth-order valence-corrected chi connectivity index (χ4v) is 1.55. The first kappa shape index (κ1) is 13.2. The lowest BCUT2D eigenvalue weighted by Crippen LogP contribution is -2.02. The zero-order valence-electron chi connectivity index (χ0n) is 10.1. The fraction of sp³-hybridized carbons (Fsp3) is 0.286. The molecule has 3 nitrogen and oxygen atoms in total. The molecule has 1 rings (SSSR count). The quantitative estimate of drug-likeness (QED) is 0.445. The van der Waals surface area contributed by atoms with Crippen LogP contribution in [0.3, 0.4) is 0 Å². The van der Waals surface area contributed by atoms with E-state index in [9.17, 15) is 9.59 Å². The molecule has 90 valence electrons. The van der Waals surface area contributed by atoms with Crippen molar-refractivity contribution in [2.45, 2.75) is 20.3 Å². The van der Waals surface area contributed by atoms with Crippen molar-refractivity contribution >= 4 is 12.3 Å². The first-order valence-corrected chi connectivity index (χ1v) is 5.54. The van der Waals surface area contributed by atoms with Crippen LogP contribution in [0.15, 0.2) is 35.9 Å². The Morgan fingerprint density at radius 1 is 1.35 bits per heavy atom. The van der Waals surface area contributed by atoms with Gasteiger partial charge in [0.25, 0.3) is 0 Å². The minimum Gasteiger partial charge on any atom is -0.463 e. The van der Waals surface area contributed by atoms with Crippen LogP contribution in [-0.2, 0) is 16.0 Å². The van der Waals surface area contributed by atoms with E-state index in [2.05, 4.69) is 0 Å². The minimum atomic E-state index is -0.339. The number of carbonyl (C=O) groups excluding carboxylic acids is 2. The Labute approximate surface area is 101 Å². The van der Waals surface area contributed by atoms with Gasteiger partial charge in [0.2, 0.25) is 0 Å². The third-order valence-corrected chi connectivity index (χ3v) is 2.30. The maximum absolute atomic E-state index is 11.2. The van der Waals surface area contributed by atoms with E-state index in [1.165, 1.54) is 6.08 Å². The first-order valence-electron chi connectivity index (χ1n) is 5.54. The summed E-state index contributed by atoms with van der Waals surface area (Å²) in [5, 5.41) is 0. The summed E-state index contributed by atoms with van der Waals surface area (Å²) in [6.07, 6.45) is 2.87.